The number of hydrogen-bond acceptors (Lipinski definition) is 6. The number of nitrogens with zero attached hydrogens (tertiary/aromatic N) is 4. The molecule has 1 aromatic carbocycles. The van der Waals surface area contributed by atoms with Gasteiger partial charge in [0.2, 0.25) is 0 Å². The van der Waals surface area contributed by atoms with E-state index in [2.05, 4.69) is 14.9 Å². The Hall–Kier alpha value is -2.77. The van der Waals surface area contributed by atoms with Crippen LogP contribution < -0.4 is 0 Å². The predicted octanol–water partition coefficient (Wildman–Crippen LogP) is 1.18. The van der Waals surface area contributed by atoms with Crippen LogP contribution >= 0.6 is 0 Å². The third-order valence-electron chi connectivity index (χ3n) is 2.42. The molecule has 8 nitrogen and oxygen atoms in total. The van der Waals surface area contributed by atoms with Crippen molar-refractivity contribution in [3.63, 3.8) is 0 Å². The molecule has 0 bridgehead atoms. The molecular weight excluding hydrogens is 252 g/mol. The maximum atomic E-state index is 11.6. The number of non-ortho nitro benzene ring substituents is 1. The Balaban J connectivity index is 2.55. The first-order chi connectivity index (χ1) is 9.02. The summed E-state index contributed by atoms with van der Waals surface area (Å²) in [5, 5.41) is 18.7. The van der Waals surface area contributed by atoms with E-state index in [1.807, 2.05) is 0 Å². The molecule has 0 fully saturated rings. The maximum Gasteiger partial charge on any atom is 0.360 e. The Morgan fingerprint density at radius 2 is 2.16 bits per heavy atom. The zero-order valence-corrected chi connectivity index (χ0v) is 10.2. The molecule has 0 aliphatic rings. The minimum absolute atomic E-state index is 0.0190. The van der Waals surface area contributed by atoms with Gasteiger partial charge in [0.25, 0.3) is 5.69 Å². The Labute approximate surface area is 107 Å². The highest BCUT2D eigenvalue weighted by atomic mass is 16.6. The van der Waals surface area contributed by atoms with Crippen LogP contribution in [0.15, 0.2) is 24.3 Å². The summed E-state index contributed by atoms with van der Waals surface area (Å²) >= 11 is 0. The van der Waals surface area contributed by atoms with Crippen molar-refractivity contribution in [1.29, 1.82) is 0 Å². The smallest absolute Gasteiger partial charge is 0.360 e. The number of esters is 1. The fraction of sp³-hybridized carbons (Fsp3) is 0.182. The third-order valence-corrected chi connectivity index (χ3v) is 2.42. The van der Waals surface area contributed by atoms with E-state index in [4.69, 9.17) is 0 Å². The largest absolute Gasteiger partial charge is 0.464 e. The second kappa shape index (κ2) is 4.84. The van der Waals surface area contributed by atoms with Gasteiger partial charge in [-0.3, -0.25) is 10.1 Å². The van der Waals surface area contributed by atoms with Crippen LogP contribution in [0.1, 0.15) is 10.5 Å². The predicted molar refractivity (Wildman–Crippen MR) is 64.4 cm³/mol. The SMILES string of the molecule is COC(=O)c1nn(C)nc1-c1cccc([N+](=O)[O-])c1. The molecule has 1 aromatic heterocycles. The maximum absolute atomic E-state index is 11.6. The molecule has 0 radical (unpaired) electrons. The van der Waals surface area contributed by atoms with Crippen molar-refractivity contribution in [3.8, 4) is 11.3 Å². The van der Waals surface area contributed by atoms with Crippen molar-refractivity contribution in [1.82, 2.24) is 15.0 Å². The van der Waals surface area contributed by atoms with Gasteiger partial charge >= 0.3 is 5.97 Å². The second-order valence-corrected chi connectivity index (χ2v) is 3.69. The highest BCUT2D eigenvalue weighted by molar-refractivity contribution is 5.94. The fourth-order valence-corrected chi connectivity index (χ4v) is 1.60. The first kappa shape index (κ1) is 12.7. The number of benzene rings is 1. The van der Waals surface area contributed by atoms with Crippen LogP contribution in [0.4, 0.5) is 5.69 Å². The number of carbonyl (C=O) groups excluding carboxylic acids is 1. The van der Waals surface area contributed by atoms with Crippen LogP contribution in [0, 0.1) is 10.1 Å². The zero-order chi connectivity index (χ0) is 14.0. The van der Waals surface area contributed by atoms with Crippen molar-refractivity contribution in [2.24, 2.45) is 7.05 Å². The summed E-state index contributed by atoms with van der Waals surface area (Å²) in [4.78, 5) is 23.0. The van der Waals surface area contributed by atoms with Gasteiger partial charge in [-0.1, -0.05) is 12.1 Å². The Morgan fingerprint density at radius 3 is 2.79 bits per heavy atom. The van der Waals surface area contributed by atoms with Gasteiger partial charge < -0.3 is 4.74 Å². The lowest BCUT2D eigenvalue weighted by atomic mass is 10.1. The topological polar surface area (TPSA) is 100 Å². The first-order valence-corrected chi connectivity index (χ1v) is 5.27. The second-order valence-electron chi connectivity index (χ2n) is 3.69. The van der Waals surface area contributed by atoms with Crippen LogP contribution in [0.3, 0.4) is 0 Å². The van der Waals surface area contributed by atoms with Crippen LogP contribution in [0.2, 0.25) is 0 Å². The fourth-order valence-electron chi connectivity index (χ4n) is 1.60. The number of carbonyl (C=O) groups is 1. The lowest BCUT2D eigenvalue weighted by molar-refractivity contribution is -0.384. The van der Waals surface area contributed by atoms with Crippen molar-refractivity contribution in [2.75, 3.05) is 7.11 Å². The molecule has 0 spiro atoms. The summed E-state index contributed by atoms with van der Waals surface area (Å²) in [6.07, 6.45) is 0. The zero-order valence-electron chi connectivity index (χ0n) is 10.2. The van der Waals surface area contributed by atoms with E-state index in [0.29, 0.717) is 5.56 Å². The minimum Gasteiger partial charge on any atom is -0.464 e. The minimum atomic E-state index is -0.644. The van der Waals surface area contributed by atoms with Crippen molar-refractivity contribution in [3.05, 3.63) is 40.1 Å². The molecule has 19 heavy (non-hydrogen) atoms. The summed E-state index contributed by atoms with van der Waals surface area (Å²) in [6.45, 7) is 0. The molecule has 0 amide bonds. The van der Waals surface area contributed by atoms with Gasteiger partial charge in [0, 0.05) is 24.7 Å². The first-order valence-electron chi connectivity index (χ1n) is 5.27. The monoisotopic (exact) mass is 262 g/mol. The van der Waals surface area contributed by atoms with Gasteiger partial charge in [-0.05, 0) is 0 Å². The van der Waals surface area contributed by atoms with Crippen LogP contribution in [0.25, 0.3) is 11.3 Å². The number of nitro benzene ring substituents is 1. The molecule has 8 heteroatoms. The Kier molecular flexibility index (Phi) is 3.23. The van der Waals surface area contributed by atoms with E-state index in [-0.39, 0.29) is 17.1 Å². The van der Waals surface area contributed by atoms with Gasteiger partial charge in [0.05, 0.1) is 12.0 Å². The molecule has 0 saturated heterocycles. The van der Waals surface area contributed by atoms with Crippen LogP contribution in [-0.4, -0.2) is 33.0 Å². The average Bonchev–Trinajstić information content (AvgIpc) is 2.80. The quantitative estimate of drug-likeness (QED) is 0.467. The Morgan fingerprint density at radius 1 is 1.42 bits per heavy atom. The molecule has 0 atom stereocenters. The highest BCUT2D eigenvalue weighted by Crippen LogP contribution is 2.24. The molecule has 0 aliphatic heterocycles. The number of rotatable bonds is 3. The van der Waals surface area contributed by atoms with E-state index >= 15 is 0 Å². The number of methoxy groups -OCH3 is 1. The van der Waals surface area contributed by atoms with E-state index in [9.17, 15) is 14.9 Å². The van der Waals surface area contributed by atoms with E-state index in [1.54, 1.807) is 13.1 Å². The van der Waals surface area contributed by atoms with Crippen molar-refractivity contribution < 1.29 is 14.5 Å². The van der Waals surface area contributed by atoms with E-state index in [1.165, 1.54) is 30.1 Å². The third kappa shape index (κ3) is 2.41. The highest BCUT2D eigenvalue weighted by Gasteiger charge is 2.21. The summed E-state index contributed by atoms with van der Waals surface area (Å²) in [6, 6.07) is 5.82. The summed E-state index contributed by atoms with van der Waals surface area (Å²) < 4.78 is 4.60. The molecule has 0 unspecified atom stereocenters. The molecule has 2 aromatic rings. The van der Waals surface area contributed by atoms with Gasteiger partial charge in [-0.15, -0.1) is 5.10 Å². The lowest BCUT2D eigenvalue weighted by Crippen LogP contribution is -2.04. The summed E-state index contributed by atoms with van der Waals surface area (Å²) in [7, 11) is 2.78. The summed E-state index contributed by atoms with van der Waals surface area (Å²) in [5.41, 5.74) is 0.616. The number of nitro groups is 1. The number of aryl methyl sites for hydroxylation is 1. The van der Waals surface area contributed by atoms with E-state index in [0.717, 1.165) is 0 Å². The molecule has 98 valence electrons. The molecule has 1 heterocycles. The Bertz CT molecular complexity index is 650. The molecule has 0 saturated carbocycles. The van der Waals surface area contributed by atoms with Crippen LogP contribution in [0.5, 0.6) is 0 Å². The van der Waals surface area contributed by atoms with Crippen molar-refractivity contribution >= 4 is 11.7 Å². The molecule has 0 aliphatic carbocycles. The molecule has 2 rings (SSSR count). The van der Waals surface area contributed by atoms with Gasteiger partial charge in [0.15, 0.2) is 5.69 Å². The van der Waals surface area contributed by atoms with Gasteiger partial charge in [-0.2, -0.15) is 9.90 Å². The van der Waals surface area contributed by atoms with Gasteiger partial charge in [-0.25, -0.2) is 4.79 Å². The number of ether oxygens (including phenoxy) is 1. The van der Waals surface area contributed by atoms with E-state index < -0.39 is 10.9 Å². The van der Waals surface area contributed by atoms with Gasteiger partial charge in [0.1, 0.15) is 5.69 Å². The molecule has 0 N–H and O–H groups in total. The summed E-state index contributed by atoms with van der Waals surface area (Å²) in [5.74, 6) is -0.644. The lowest BCUT2D eigenvalue weighted by Gasteiger charge is -1.99. The standard InChI is InChI=1S/C11H10N4O4/c1-14-12-9(10(13-14)11(16)19-2)7-4-3-5-8(6-7)15(17)18/h3-6H,1-2H3. The normalized spacial score (nSPS) is 10.2. The molecular formula is C11H10N4O4. The van der Waals surface area contributed by atoms with Crippen LogP contribution in [-0.2, 0) is 11.8 Å². The average molecular weight is 262 g/mol. The number of hydrogen-bond donors (Lipinski definition) is 0. The van der Waals surface area contributed by atoms with Crippen molar-refractivity contribution in [2.45, 2.75) is 0 Å². The number of aromatic nitrogens is 3.